The van der Waals surface area contributed by atoms with Crippen LogP contribution in [-0.4, -0.2) is 70.5 Å². The zero-order valence-electron chi connectivity index (χ0n) is 12.5. The lowest BCUT2D eigenvalue weighted by Crippen LogP contribution is -2.49. The van der Waals surface area contributed by atoms with Crippen LogP contribution in [0.25, 0.3) is 0 Å². The van der Waals surface area contributed by atoms with Crippen molar-refractivity contribution in [1.82, 2.24) is 19.0 Å². The van der Waals surface area contributed by atoms with Crippen molar-refractivity contribution in [3.8, 4) is 0 Å². The lowest BCUT2D eigenvalue weighted by molar-refractivity contribution is -0.134. The summed E-state index contributed by atoms with van der Waals surface area (Å²) in [5, 5.41) is 3.93. The maximum absolute atomic E-state index is 12.7. The molecule has 0 N–H and O–H groups in total. The van der Waals surface area contributed by atoms with Gasteiger partial charge in [0.25, 0.3) is 0 Å². The SMILES string of the molecule is Cn1cc(S(=O)(=O)N2CCC[C@@H]2C(=O)N2CCSCC2)cn1. The van der Waals surface area contributed by atoms with Crippen LogP contribution in [0.3, 0.4) is 0 Å². The molecule has 22 heavy (non-hydrogen) atoms. The third-order valence-electron chi connectivity index (χ3n) is 4.10. The van der Waals surface area contributed by atoms with Gasteiger partial charge in [0.05, 0.1) is 6.20 Å². The summed E-state index contributed by atoms with van der Waals surface area (Å²) in [5.41, 5.74) is 0. The molecule has 0 unspecified atom stereocenters. The number of thioether (sulfide) groups is 1. The van der Waals surface area contributed by atoms with E-state index < -0.39 is 16.1 Å². The number of aromatic nitrogens is 2. The maximum atomic E-state index is 12.7. The van der Waals surface area contributed by atoms with Crippen molar-refractivity contribution in [3.63, 3.8) is 0 Å². The van der Waals surface area contributed by atoms with Crippen molar-refractivity contribution < 1.29 is 13.2 Å². The molecule has 122 valence electrons. The third-order valence-corrected chi connectivity index (χ3v) is 6.90. The van der Waals surface area contributed by atoms with Gasteiger partial charge in [0, 0.05) is 44.4 Å². The van der Waals surface area contributed by atoms with Gasteiger partial charge in [-0.05, 0) is 12.8 Å². The lowest BCUT2D eigenvalue weighted by Gasteiger charge is -2.31. The van der Waals surface area contributed by atoms with Crippen LogP contribution in [0.4, 0.5) is 0 Å². The summed E-state index contributed by atoms with van der Waals surface area (Å²) in [6.45, 7) is 1.82. The molecule has 2 fully saturated rings. The summed E-state index contributed by atoms with van der Waals surface area (Å²) < 4.78 is 28.3. The summed E-state index contributed by atoms with van der Waals surface area (Å²) >= 11 is 1.83. The fraction of sp³-hybridized carbons (Fsp3) is 0.692. The molecule has 0 saturated carbocycles. The van der Waals surface area contributed by atoms with Gasteiger partial charge in [0.15, 0.2) is 0 Å². The molecule has 2 aliphatic heterocycles. The van der Waals surface area contributed by atoms with Crippen LogP contribution in [0.1, 0.15) is 12.8 Å². The quantitative estimate of drug-likeness (QED) is 0.780. The molecule has 0 radical (unpaired) electrons. The smallest absolute Gasteiger partial charge is 0.246 e. The second kappa shape index (κ2) is 6.21. The van der Waals surface area contributed by atoms with E-state index in [4.69, 9.17) is 0 Å². The first-order valence-corrected chi connectivity index (χ1v) is 9.96. The molecule has 1 aromatic heterocycles. The molecule has 3 rings (SSSR count). The Morgan fingerprint density at radius 1 is 1.32 bits per heavy atom. The Morgan fingerprint density at radius 3 is 2.68 bits per heavy atom. The maximum Gasteiger partial charge on any atom is 0.246 e. The van der Waals surface area contributed by atoms with E-state index in [1.165, 1.54) is 21.4 Å². The van der Waals surface area contributed by atoms with Gasteiger partial charge in [-0.3, -0.25) is 9.48 Å². The van der Waals surface area contributed by atoms with Crippen LogP contribution in [0.5, 0.6) is 0 Å². The molecule has 3 heterocycles. The van der Waals surface area contributed by atoms with E-state index in [0.717, 1.165) is 17.9 Å². The first-order valence-electron chi connectivity index (χ1n) is 7.37. The van der Waals surface area contributed by atoms with Crippen LogP contribution in [0.2, 0.25) is 0 Å². The fourth-order valence-electron chi connectivity index (χ4n) is 2.94. The molecule has 9 heteroatoms. The molecule has 2 aliphatic rings. The van der Waals surface area contributed by atoms with Crippen molar-refractivity contribution in [2.45, 2.75) is 23.8 Å². The van der Waals surface area contributed by atoms with Crippen LogP contribution >= 0.6 is 11.8 Å². The van der Waals surface area contributed by atoms with Crippen molar-refractivity contribution in [3.05, 3.63) is 12.4 Å². The molecule has 0 bridgehead atoms. The first kappa shape index (κ1) is 15.8. The standard InChI is InChI=1S/C13H20N4O3S2/c1-15-10-11(9-14-15)22(19,20)17-4-2-3-12(17)13(18)16-5-7-21-8-6-16/h9-10,12H,2-8H2,1H3/t12-/m1/s1. The normalized spacial score (nSPS) is 23.9. The Labute approximate surface area is 134 Å². The Bertz CT molecular complexity index is 652. The molecule has 7 nitrogen and oxygen atoms in total. The Balaban J connectivity index is 1.82. The van der Waals surface area contributed by atoms with E-state index in [9.17, 15) is 13.2 Å². The molecule has 1 amide bonds. The number of nitrogens with zero attached hydrogens (tertiary/aromatic N) is 4. The number of carbonyl (C=O) groups excluding carboxylic acids is 1. The van der Waals surface area contributed by atoms with E-state index in [0.29, 0.717) is 26.1 Å². The predicted octanol–water partition coefficient (Wildman–Crippen LogP) is 0.149. The van der Waals surface area contributed by atoms with Crippen molar-refractivity contribution >= 4 is 27.7 Å². The average Bonchev–Trinajstić information content (AvgIpc) is 3.16. The van der Waals surface area contributed by atoms with Gasteiger partial charge in [-0.15, -0.1) is 0 Å². The molecular weight excluding hydrogens is 324 g/mol. The largest absolute Gasteiger partial charge is 0.340 e. The van der Waals surface area contributed by atoms with Gasteiger partial charge in [-0.2, -0.15) is 21.2 Å². The van der Waals surface area contributed by atoms with Crippen molar-refractivity contribution in [1.29, 1.82) is 0 Å². The number of carbonyl (C=O) groups is 1. The van der Waals surface area contributed by atoms with Gasteiger partial charge in [-0.25, -0.2) is 8.42 Å². The summed E-state index contributed by atoms with van der Waals surface area (Å²) in [6, 6.07) is -0.562. The number of rotatable bonds is 3. The molecule has 1 aromatic rings. The monoisotopic (exact) mass is 344 g/mol. The second-order valence-corrected chi connectivity index (χ2v) is 8.68. The van der Waals surface area contributed by atoms with Gasteiger partial charge in [0.1, 0.15) is 10.9 Å². The van der Waals surface area contributed by atoms with E-state index in [1.807, 2.05) is 11.8 Å². The molecule has 0 aromatic carbocycles. The Kier molecular flexibility index (Phi) is 4.47. The van der Waals surface area contributed by atoms with Gasteiger partial charge in [0.2, 0.25) is 15.9 Å². The minimum absolute atomic E-state index is 0.0507. The topological polar surface area (TPSA) is 75.5 Å². The van der Waals surface area contributed by atoms with Crippen molar-refractivity contribution in [2.24, 2.45) is 7.05 Å². The zero-order chi connectivity index (χ0) is 15.7. The van der Waals surface area contributed by atoms with E-state index in [1.54, 1.807) is 11.9 Å². The Hall–Kier alpha value is -1.06. The number of hydrogen-bond acceptors (Lipinski definition) is 5. The molecular formula is C13H20N4O3S2. The zero-order valence-corrected chi connectivity index (χ0v) is 14.1. The highest BCUT2D eigenvalue weighted by Crippen LogP contribution is 2.27. The summed E-state index contributed by atoms with van der Waals surface area (Å²) in [6.07, 6.45) is 4.14. The number of aryl methyl sites for hydroxylation is 1. The van der Waals surface area contributed by atoms with Gasteiger partial charge in [-0.1, -0.05) is 0 Å². The van der Waals surface area contributed by atoms with Gasteiger partial charge >= 0.3 is 0 Å². The second-order valence-electron chi connectivity index (χ2n) is 5.56. The van der Waals surface area contributed by atoms with Gasteiger partial charge < -0.3 is 4.90 Å². The first-order chi connectivity index (χ1) is 10.5. The number of amides is 1. The third kappa shape index (κ3) is 2.89. The summed E-state index contributed by atoms with van der Waals surface area (Å²) in [7, 11) is -1.98. The number of hydrogen-bond donors (Lipinski definition) is 0. The lowest BCUT2D eigenvalue weighted by atomic mass is 10.2. The minimum Gasteiger partial charge on any atom is -0.340 e. The summed E-state index contributed by atoms with van der Waals surface area (Å²) in [4.78, 5) is 14.6. The van der Waals surface area contributed by atoms with Crippen LogP contribution in [0, 0.1) is 0 Å². The Morgan fingerprint density at radius 2 is 2.05 bits per heavy atom. The summed E-state index contributed by atoms with van der Waals surface area (Å²) in [5.74, 6) is 1.80. The van der Waals surface area contributed by atoms with Crippen LogP contribution < -0.4 is 0 Å². The minimum atomic E-state index is -3.65. The molecule has 0 spiro atoms. The highest BCUT2D eigenvalue weighted by Gasteiger charge is 2.41. The van der Waals surface area contributed by atoms with E-state index >= 15 is 0 Å². The average molecular weight is 344 g/mol. The van der Waals surface area contributed by atoms with Crippen LogP contribution in [0.15, 0.2) is 17.3 Å². The molecule has 2 saturated heterocycles. The molecule has 0 aliphatic carbocycles. The van der Waals surface area contributed by atoms with Crippen molar-refractivity contribution in [2.75, 3.05) is 31.1 Å². The number of sulfonamides is 1. The van der Waals surface area contributed by atoms with E-state index in [-0.39, 0.29) is 10.8 Å². The van der Waals surface area contributed by atoms with E-state index in [2.05, 4.69) is 5.10 Å². The molecule has 1 atom stereocenters. The fourth-order valence-corrected chi connectivity index (χ4v) is 5.48. The van der Waals surface area contributed by atoms with Crippen LogP contribution in [-0.2, 0) is 21.9 Å². The highest BCUT2D eigenvalue weighted by atomic mass is 32.2. The predicted molar refractivity (Wildman–Crippen MR) is 84.0 cm³/mol. The highest BCUT2D eigenvalue weighted by molar-refractivity contribution is 7.99.